The first-order chi connectivity index (χ1) is 16.3. The standard InChI is InChI=1S/C24H18F4N2O4/c25-19-11-6-16(24(26,27)28)12-20(19)30-23(31)29-17-7-9-18(10-8-17)33-22-14-32-13-21(34-22)15-4-2-1-3-5-15/h1-2,4,6-14H,3,5H2,(H2,29,30,31). The zero-order chi connectivity index (χ0) is 24.1. The average Bonchev–Trinajstić information content (AvgIpc) is 2.82. The molecule has 1 heterocycles. The second-order valence-electron chi connectivity index (χ2n) is 7.21. The normalized spacial score (nSPS) is 15.2. The van der Waals surface area contributed by atoms with Crippen molar-refractivity contribution in [2.24, 2.45) is 0 Å². The summed E-state index contributed by atoms with van der Waals surface area (Å²) in [6.07, 6.45) is 5.74. The van der Waals surface area contributed by atoms with E-state index in [0.29, 0.717) is 35.4 Å². The molecule has 0 spiro atoms. The summed E-state index contributed by atoms with van der Waals surface area (Å²) >= 11 is 0. The first kappa shape index (κ1) is 23.0. The van der Waals surface area contributed by atoms with Gasteiger partial charge in [-0.1, -0.05) is 18.2 Å². The zero-order valence-corrected chi connectivity index (χ0v) is 17.5. The second kappa shape index (κ2) is 9.74. The van der Waals surface area contributed by atoms with Crippen LogP contribution in [0.2, 0.25) is 0 Å². The number of urea groups is 1. The molecular formula is C24H18F4N2O4. The van der Waals surface area contributed by atoms with Crippen LogP contribution in [0.1, 0.15) is 18.4 Å². The Balaban J connectivity index is 1.34. The molecule has 176 valence electrons. The number of allylic oxidation sites excluding steroid dienone is 4. The van der Waals surface area contributed by atoms with Gasteiger partial charge < -0.3 is 24.8 Å². The maximum Gasteiger partial charge on any atom is 0.416 e. The van der Waals surface area contributed by atoms with Crippen molar-refractivity contribution >= 4 is 17.4 Å². The molecule has 10 heteroatoms. The van der Waals surface area contributed by atoms with E-state index in [1.54, 1.807) is 0 Å². The Hall–Kier alpha value is -4.21. The summed E-state index contributed by atoms with van der Waals surface area (Å²) in [5, 5.41) is 4.48. The third-order valence-electron chi connectivity index (χ3n) is 4.75. The van der Waals surface area contributed by atoms with E-state index in [9.17, 15) is 22.4 Å². The summed E-state index contributed by atoms with van der Waals surface area (Å²) in [5.74, 6) is 0.0388. The topological polar surface area (TPSA) is 68.8 Å². The van der Waals surface area contributed by atoms with Gasteiger partial charge in [0.05, 0.1) is 11.3 Å². The van der Waals surface area contributed by atoms with Crippen molar-refractivity contribution in [2.75, 3.05) is 10.6 Å². The number of rotatable bonds is 5. The molecule has 2 aromatic rings. The molecule has 2 amide bonds. The number of ether oxygens (including phenoxy) is 3. The van der Waals surface area contributed by atoms with Crippen LogP contribution in [0.25, 0.3) is 0 Å². The fourth-order valence-electron chi connectivity index (χ4n) is 3.11. The number of alkyl halides is 3. The lowest BCUT2D eigenvalue weighted by Gasteiger charge is -2.19. The molecule has 0 atom stereocenters. The summed E-state index contributed by atoms with van der Waals surface area (Å²) in [6.45, 7) is 0. The lowest BCUT2D eigenvalue weighted by atomic mass is 10.0. The van der Waals surface area contributed by atoms with Crippen molar-refractivity contribution in [3.63, 3.8) is 0 Å². The summed E-state index contributed by atoms with van der Waals surface area (Å²) in [7, 11) is 0. The number of hydrogen-bond acceptors (Lipinski definition) is 4. The number of carbonyl (C=O) groups is 1. The Kier molecular flexibility index (Phi) is 6.58. The molecule has 4 rings (SSSR count). The van der Waals surface area contributed by atoms with Crippen molar-refractivity contribution in [2.45, 2.75) is 19.0 Å². The van der Waals surface area contributed by atoms with Gasteiger partial charge in [-0.05, 0) is 60.9 Å². The smallest absolute Gasteiger partial charge is 0.416 e. The van der Waals surface area contributed by atoms with Crippen molar-refractivity contribution in [3.8, 4) is 5.75 Å². The quantitative estimate of drug-likeness (QED) is 0.466. The molecule has 0 saturated carbocycles. The monoisotopic (exact) mass is 474 g/mol. The fourth-order valence-corrected chi connectivity index (χ4v) is 3.11. The Morgan fingerprint density at radius 3 is 2.53 bits per heavy atom. The number of hydrogen-bond donors (Lipinski definition) is 2. The van der Waals surface area contributed by atoms with E-state index >= 15 is 0 Å². The van der Waals surface area contributed by atoms with Gasteiger partial charge in [-0.25, -0.2) is 9.18 Å². The van der Waals surface area contributed by atoms with Gasteiger partial charge in [0.1, 0.15) is 17.8 Å². The summed E-state index contributed by atoms with van der Waals surface area (Å²) in [4.78, 5) is 12.1. The Morgan fingerprint density at radius 1 is 1.03 bits per heavy atom. The number of carbonyl (C=O) groups excluding carboxylic acids is 1. The number of amides is 2. The van der Waals surface area contributed by atoms with Crippen LogP contribution in [-0.2, 0) is 15.7 Å². The molecule has 6 nitrogen and oxygen atoms in total. The molecule has 1 aliphatic heterocycles. The molecule has 0 radical (unpaired) electrons. The molecule has 2 aliphatic rings. The van der Waals surface area contributed by atoms with Crippen LogP contribution in [0.15, 0.2) is 90.5 Å². The first-order valence-corrected chi connectivity index (χ1v) is 10.1. The fraction of sp³-hybridized carbons (Fsp3) is 0.125. The minimum absolute atomic E-state index is 0.117. The third kappa shape index (κ3) is 5.77. The predicted octanol–water partition coefficient (Wildman–Crippen LogP) is 6.83. The summed E-state index contributed by atoms with van der Waals surface area (Å²) < 4.78 is 68.9. The van der Waals surface area contributed by atoms with Gasteiger partial charge in [0, 0.05) is 5.69 Å². The van der Waals surface area contributed by atoms with Crippen molar-refractivity contribution in [1.29, 1.82) is 0 Å². The molecule has 0 bridgehead atoms. The van der Waals surface area contributed by atoms with E-state index in [4.69, 9.17) is 14.2 Å². The van der Waals surface area contributed by atoms with Crippen LogP contribution in [-0.4, -0.2) is 6.03 Å². The zero-order valence-electron chi connectivity index (χ0n) is 17.5. The van der Waals surface area contributed by atoms with E-state index < -0.39 is 29.3 Å². The molecular weight excluding hydrogens is 456 g/mol. The highest BCUT2D eigenvalue weighted by atomic mass is 19.4. The molecule has 34 heavy (non-hydrogen) atoms. The number of benzene rings is 2. The van der Waals surface area contributed by atoms with Crippen LogP contribution in [0.3, 0.4) is 0 Å². The van der Waals surface area contributed by atoms with Gasteiger partial charge in [0.25, 0.3) is 0 Å². The molecule has 2 aromatic carbocycles. The third-order valence-corrected chi connectivity index (χ3v) is 4.75. The Bertz CT molecular complexity index is 1200. The second-order valence-corrected chi connectivity index (χ2v) is 7.21. The van der Waals surface area contributed by atoms with E-state index in [1.165, 1.54) is 36.8 Å². The van der Waals surface area contributed by atoms with E-state index in [0.717, 1.165) is 18.4 Å². The highest BCUT2D eigenvalue weighted by Crippen LogP contribution is 2.32. The maximum absolute atomic E-state index is 13.8. The minimum atomic E-state index is -4.67. The maximum atomic E-state index is 13.8. The van der Waals surface area contributed by atoms with Crippen LogP contribution >= 0.6 is 0 Å². The van der Waals surface area contributed by atoms with E-state index in [2.05, 4.69) is 10.6 Å². The number of nitrogens with one attached hydrogen (secondary N) is 2. The molecule has 1 aliphatic carbocycles. The SMILES string of the molecule is O=C(Nc1ccc(OC2=COC=C(C3=CC=CCC3)O2)cc1)Nc1cc(C(F)(F)F)ccc1F. The molecule has 0 unspecified atom stereocenters. The van der Waals surface area contributed by atoms with Gasteiger partial charge in [0.15, 0.2) is 12.0 Å². The lowest BCUT2D eigenvalue weighted by Crippen LogP contribution is -2.20. The molecule has 0 aromatic heterocycles. The summed E-state index contributed by atoms with van der Waals surface area (Å²) in [5.41, 5.74) is -0.407. The van der Waals surface area contributed by atoms with Crippen molar-refractivity contribution in [1.82, 2.24) is 0 Å². The van der Waals surface area contributed by atoms with Crippen LogP contribution in [0, 0.1) is 5.82 Å². The van der Waals surface area contributed by atoms with Crippen LogP contribution in [0.4, 0.5) is 33.7 Å². The Morgan fingerprint density at radius 2 is 1.82 bits per heavy atom. The predicted molar refractivity (Wildman–Crippen MR) is 116 cm³/mol. The van der Waals surface area contributed by atoms with Gasteiger partial charge in [-0.3, -0.25) is 0 Å². The Labute approximate surface area is 191 Å². The van der Waals surface area contributed by atoms with Crippen molar-refractivity contribution < 1.29 is 36.6 Å². The van der Waals surface area contributed by atoms with Gasteiger partial charge >= 0.3 is 18.2 Å². The molecule has 0 saturated heterocycles. The van der Waals surface area contributed by atoms with Crippen LogP contribution < -0.4 is 15.4 Å². The minimum Gasteiger partial charge on any atom is -0.461 e. The number of halogens is 4. The van der Waals surface area contributed by atoms with Crippen molar-refractivity contribution in [3.05, 3.63) is 102 Å². The molecule has 2 N–H and O–H groups in total. The highest BCUT2D eigenvalue weighted by Gasteiger charge is 2.31. The van der Waals surface area contributed by atoms with E-state index in [-0.39, 0.29) is 5.95 Å². The van der Waals surface area contributed by atoms with E-state index in [1.807, 2.05) is 18.2 Å². The van der Waals surface area contributed by atoms with Gasteiger partial charge in [-0.15, -0.1) is 0 Å². The average molecular weight is 474 g/mol. The largest absolute Gasteiger partial charge is 0.461 e. The highest BCUT2D eigenvalue weighted by molar-refractivity contribution is 5.99. The molecule has 0 fully saturated rings. The lowest BCUT2D eigenvalue weighted by molar-refractivity contribution is -0.137. The van der Waals surface area contributed by atoms with Gasteiger partial charge in [-0.2, -0.15) is 13.2 Å². The summed E-state index contributed by atoms with van der Waals surface area (Å²) in [6, 6.07) is 6.89. The van der Waals surface area contributed by atoms with Crippen LogP contribution in [0.5, 0.6) is 5.75 Å². The number of anilines is 2. The first-order valence-electron chi connectivity index (χ1n) is 10.1. The van der Waals surface area contributed by atoms with Gasteiger partial charge in [0.2, 0.25) is 0 Å².